The van der Waals surface area contributed by atoms with E-state index in [1.165, 1.54) is 58.3 Å². The minimum atomic E-state index is -0.199. The second-order valence-electron chi connectivity index (χ2n) is 16.3. The molecule has 4 heteroatoms. The largest absolute Gasteiger partial charge is 0.466 e. The van der Waals surface area contributed by atoms with E-state index in [0.717, 1.165) is 25.2 Å². The second kappa shape index (κ2) is 9.79. The lowest BCUT2D eigenvalue weighted by atomic mass is 9.30. The number of hydrogen-bond donors (Lipinski definition) is 0. The average molecular weight is 531 g/mol. The van der Waals surface area contributed by atoms with Gasteiger partial charge in [-0.25, -0.2) is 0 Å². The smallest absolute Gasteiger partial charge is 0.302 e. The van der Waals surface area contributed by atoms with Crippen molar-refractivity contribution in [2.75, 3.05) is 6.61 Å². The first-order valence-corrected chi connectivity index (χ1v) is 15.7. The van der Waals surface area contributed by atoms with Crippen molar-refractivity contribution in [1.29, 1.82) is 0 Å². The normalized spacial score (nSPS) is 46.6. The van der Waals surface area contributed by atoms with Crippen molar-refractivity contribution in [2.45, 2.75) is 146 Å². The van der Waals surface area contributed by atoms with Gasteiger partial charge in [-0.1, -0.05) is 48.5 Å². The highest BCUT2D eigenvalue weighted by molar-refractivity contribution is 5.66. The molecule has 0 bridgehead atoms. The molecule has 4 nitrogen and oxygen atoms in total. The number of hydrogen-bond acceptors (Lipinski definition) is 4. The third kappa shape index (κ3) is 4.66. The summed E-state index contributed by atoms with van der Waals surface area (Å²) in [5.74, 6) is 1.50. The van der Waals surface area contributed by atoms with E-state index >= 15 is 0 Å². The highest BCUT2D eigenvalue weighted by atomic mass is 16.5. The lowest BCUT2D eigenvalue weighted by Crippen LogP contribution is -2.67. The zero-order valence-electron chi connectivity index (χ0n) is 26.4. The molecule has 218 valence electrons. The van der Waals surface area contributed by atoms with Gasteiger partial charge in [-0.3, -0.25) is 9.59 Å². The molecule has 0 aromatic carbocycles. The molecule has 0 aliphatic heterocycles. The lowest BCUT2D eigenvalue weighted by molar-refractivity contribution is -0.258. The Hall–Kier alpha value is -1.06. The highest BCUT2D eigenvalue weighted by Crippen LogP contribution is 2.77. The zero-order valence-corrected chi connectivity index (χ0v) is 26.4. The summed E-state index contributed by atoms with van der Waals surface area (Å²) in [6.07, 6.45) is 13.5. The van der Waals surface area contributed by atoms with Crippen molar-refractivity contribution in [3.63, 3.8) is 0 Å². The summed E-state index contributed by atoms with van der Waals surface area (Å²) < 4.78 is 11.3. The van der Waals surface area contributed by atoms with Crippen LogP contribution in [0.25, 0.3) is 0 Å². The molecule has 4 aliphatic rings. The SMILES string of the molecule is CC(=O)OCCC[C@@H]1[C@@](C)([C@@H](C)OC(C)=O)CC[C@H]2[C@@]1(C)CC[C@@]1(C)[C@@H]3CC(C)(C)CC[C@]3(C)CC[C@]21C. The molecular formula is C34H58O4. The van der Waals surface area contributed by atoms with E-state index in [0.29, 0.717) is 40.1 Å². The van der Waals surface area contributed by atoms with Gasteiger partial charge < -0.3 is 9.47 Å². The first-order valence-electron chi connectivity index (χ1n) is 15.7. The molecule has 4 saturated carbocycles. The van der Waals surface area contributed by atoms with Gasteiger partial charge in [-0.15, -0.1) is 0 Å². The van der Waals surface area contributed by atoms with Crippen LogP contribution in [0.2, 0.25) is 0 Å². The third-order valence-electron chi connectivity index (χ3n) is 13.8. The number of rotatable bonds is 6. The number of fused-ring (bicyclic) bond motifs is 5. The highest BCUT2D eigenvalue weighted by Gasteiger charge is 2.70. The van der Waals surface area contributed by atoms with E-state index in [9.17, 15) is 9.59 Å². The van der Waals surface area contributed by atoms with E-state index in [1.807, 2.05) is 0 Å². The first-order chi connectivity index (χ1) is 17.4. The molecule has 4 rings (SSSR count). The first kappa shape index (κ1) is 29.9. The number of carbonyl (C=O) groups is 2. The molecule has 0 saturated heterocycles. The van der Waals surface area contributed by atoms with Crippen LogP contribution in [0.15, 0.2) is 0 Å². The number of esters is 2. The van der Waals surface area contributed by atoms with Gasteiger partial charge in [0.1, 0.15) is 6.10 Å². The fourth-order valence-corrected chi connectivity index (χ4v) is 11.2. The molecule has 38 heavy (non-hydrogen) atoms. The Morgan fingerprint density at radius 1 is 0.789 bits per heavy atom. The molecule has 0 N–H and O–H groups in total. The van der Waals surface area contributed by atoms with Crippen molar-refractivity contribution in [3.8, 4) is 0 Å². The fourth-order valence-electron chi connectivity index (χ4n) is 11.2. The Morgan fingerprint density at radius 2 is 1.39 bits per heavy atom. The summed E-state index contributed by atoms with van der Waals surface area (Å²) in [4.78, 5) is 23.5. The molecule has 4 aliphatic carbocycles. The Kier molecular flexibility index (Phi) is 7.71. The molecule has 0 radical (unpaired) electrons. The Bertz CT molecular complexity index is 925. The van der Waals surface area contributed by atoms with Gasteiger partial charge in [0, 0.05) is 19.3 Å². The fraction of sp³-hybridized carbons (Fsp3) is 0.941. The predicted molar refractivity (Wildman–Crippen MR) is 153 cm³/mol. The number of carbonyl (C=O) groups excluding carboxylic acids is 2. The molecule has 0 aromatic heterocycles. The van der Waals surface area contributed by atoms with Crippen LogP contribution in [0.1, 0.15) is 140 Å². The molecular weight excluding hydrogens is 472 g/mol. The van der Waals surface area contributed by atoms with Gasteiger partial charge in [0.25, 0.3) is 0 Å². The molecule has 9 atom stereocenters. The van der Waals surface area contributed by atoms with Gasteiger partial charge in [0.2, 0.25) is 0 Å². The minimum absolute atomic E-state index is 0.0761. The Morgan fingerprint density at radius 3 is 2.03 bits per heavy atom. The Labute approximate surface area is 233 Å². The zero-order chi connectivity index (χ0) is 28.4. The molecule has 0 aromatic rings. The monoisotopic (exact) mass is 530 g/mol. The third-order valence-corrected chi connectivity index (χ3v) is 13.8. The Balaban J connectivity index is 1.70. The van der Waals surface area contributed by atoms with Crippen molar-refractivity contribution >= 4 is 11.9 Å². The van der Waals surface area contributed by atoms with Crippen LogP contribution in [0, 0.1) is 50.2 Å². The van der Waals surface area contributed by atoms with Gasteiger partial charge in [-0.05, 0) is 122 Å². The van der Waals surface area contributed by atoms with Crippen LogP contribution in [-0.4, -0.2) is 24.6 Å². The summed E-state index contributed by atoms with van der Waals surface area (Å²) in [6.45, 7) is 23.6. The maximum Gasteiger partial charge on any atom is 0.302 e. The molecule has 0 unspecified atom stereocenters. The molecule has 0 amide bonds. The summed E-state index contributed by atoms with van der Waals surface area (Å²) in [7, 11) is 0. The summed E-state index contributed by atoms with van der Waals surface area (Å²) in [5.41, 5.74) is 1.71. The predicted octanol–water partition coefficient (Wildman–Crippen LogP) is 8.75. The second-order valence-corrected chi connectivity index (χ2v) is 16.3. The maximum atomic E-state index is 12.1. The van der Waals surface area contributed by atoms with Crippen LogP contribution in [0.5, 0.6) is 0 Å². The van der Waals surface area contributed by atoms with E-state index < -0.39 is 0 Å². The van der Waals surface area contributed by atoms with Crippen molar-refractivity contribution in [3.05, 3.63) is 0 Å². The van der Waals surface area contributed by atoms with Gasteiger partial charge in [0.05, 0.1) is 6.61 Å². The lowest BCUT2D eigenvalue weighted by Gasteiger charge is -2.74. The topological polar surface area (TPSA) is 52.6 Å². The molecule has 0 spiro atoms. The van der Waals surface area contributed by atoms with E-state index in [1.54, 1.807) is 6.92 Å². The number of ether oxygens (including phenoxy) is 2. The van der Waals surface area contributed by atoms with Gasteiger partial charge in [-0.2, -0.15) is 0 Å². The standard InChI is InChI=1S/C34H58O4/c1-23(38-25(3)36)31(7)14-13-27-32(8,26(31)12-11-21-37-24(2)35)18-20-34(10)28-22-29(4,5)15-16-30(28,6)17-19-33(27,34)9/h23,26-28H,11-22H2,1-10H3/t23-,26-,27+,28-,30-,31-,32+,33-,34+/m1/s1. The van der Waals surface area contributed by atoms with Gasteiger partial charge >= 0.3 is 11.9 Å². The molecule has 0 heterocycles. The average Bonchev–Trinajstić information content (AvgIpc) is 2.80. The van der Waals surface area contributed by atoms with Gasteiger partial charge in [0.15, 0.2) is 0 Å². The van der Waals surface area contributed by atoms with E-state index in [-0.39, 0.29) is 28.9 Å². The van der Waals surface area contributed by atoms with Crippen LogP contribution < -0.4 is 0 Å². The van der Waals surface area contributed by atoms with E-state index in [2.05, 4.69) is 55.4 Å². The van der Waals surface area contributed by atoms with E-state index in [4.69, 9.17) is 9.47 Å². The van der Waals surface area contributed by atoms with Crippen molar-refractivity contribution in [2.24, 2.45) is 50.2 Å². The summed E-state index contributed by atoms with van der Waals surface area (Å²) in [5, 5.41) is 0. The minimum Gasteiger partial charge on any atom is -0.466 e. The maximum absolute atomic E-state index is 12.1. The quantitative estimate of drug-likeness (QED) is 0.254. The molecule has 4 fully saturated rings. The van der Waals surface area contributed by atoms with Crippen LogP contribution in [-0.2, 0) is 19.1 Å². The van der Waals surface area contributed by atoms with Crippen LogP contribution in [0.4, 0.5) is 0 Å². The van der Waals surface area contributed by atoms with Crippen LogP contribution in [0.3, 0.4) is 0 Å². The summed E-state index contributed by atoms with van der Waals surface area (Å²) in [6, 6.07) is 0. The van der Waals surface area contributed by atoms with Crippen molar-refractivity contribution < 1.29 is 19.1 Å². The summed E-state index contributed by atoms with van der Waals surface area (Å²) >= 11 is 0. The van der Waals surface area contributed by atoms with Crippen LogP contribution >= 0.6 is 0 Å². The van der Waals surface area contributed by atoms with Crippen molar-refractivity contribution in [1.82, 2.24) is 0 Å².